The number of nitriles is 2. The zero-order valence-electron chi connectivity index (χ0n) is 33.6. The van der Waals surface area contributed by atoms with Crippen LogP contribution in [0.5, 0.6) is 0 Å². The van der Waals surface area contributed by atoms with Crippen molar-refractivity contribution in [1.29, 1.82) is 10.5 Å². The number of hydrogen-bond donors (Lipinski definition) is 0. The lowest BCUT2D eigenvalue weighted by Gasteiger charge is -2.38. The Bertz CT molecular complexity index is 2970. The minimum Gasteiger partial charge on any atom is -0.333 e. The minimum atomic E-state index is -0.594. The quantitative estimate of drug-likeness (QED) is 0.169. The van der Waals surface area contributed by atoms with Crippen molar-refractivity contribution in [2.24, 2.45) is 5.92 Å². The topological polar surface area (TPSA) is 54.1 Å². The van der Waals surface area contributed by atoms with E-state index in [1.165, 1.54) is 61.2 Å². The third kappa shape index (κ3) is 5.41. The van der Waals surface area contributed by atoms with Gasteiger partial charge in [-0.25, -0.2) is 0 Å². The van der Waals surface area contributed by atoms with Gasteiger partial charge in [-0.05, 0) is 132 Å². The molecule has 3 aliphatic carbocycles. The third-order valence-corrected chi connectivity index (χ3v) is 12.6. The van der Waals surface area contributed by atoms with Gasteiger partial charge in [0.05, 0.1) is 40.4 Å². The van der Waals surface area contributed by atoms with Crippen LogP contribution < -0.4 is 9.80 Å². The first kappa shape index (κ1) is 36.0. The van der Waals surface area contributed by atoms with Crippen LogP contribution in [0.2, 0.25) is 0 Å². The number of fused-ring (bicyclic) bond motifs is 10. The largest absolute Gasteiger partial charge is 0.333 e. The molecule has 3 atom stereocenters. The van der Waals surface area contributed by atoms with Crippen molar-refractivity contribution in [3.05, 3.63) is 220 Å². The maximum Gasteiger partial charge on any atom is 0.0991 e. The van der Waals surface area contributed by atoms with E-state index in [0.29, 0.717) is 11.1 Å². The highest BCUT2D eigenvalue weighted by Gasteiger charge is 2.53. The lowest BCUT2D eigenvalue weighted by molar-refractivity contribution is 0.605. The van der Waals surface area contributed by atoms with Gasteiger partial charge in [0.1, 0.15) is 0 Å². The maximum absolute atomic E-state index is 9.75. The monoisotopic (exact) mass is 758 g/mol. The highest BCUT2D eigenvalue weighted by molar-refractivity contribution is 6.03. The fraction of sp³-hybridized carbons (Fsp3) is 0.127. The molecule has 0 aromatic heterocycles. The smallest absolute Gasteiger partial charge is 0.0991 e. The van der Waals surface area contributed by atoms with Gasteiger partial charge >= 0.3 is 0 Å². The summed E-state index contributed by atoms with van der Waals surface area (Å²) in [5.41, 5.74) is 19.6. The SMILES string of the molecule is CC1=CC(C)C(N(c2ccc(C#N)cc2)c2cccc3c2-c2ccccc2C32c3ccccc3-c3c(N(c4ccc(C#N)cc4)c4ccc(C)cc4C)cccc32)C=C1. The van der Waals surface area contributed by atoms with E-state index in [2.05, 4.69) is 195 Å². The Balaban J connectivity index is 1.27. The number of benzene rings is 7. The molecule has 7 aromatic carbocycles. The van der Waals surface area contributed by atoms with Crippen LogP contribution in [0.4, 0.5) is 28.4 Å². The average molecular weight is 759 g/mol. The Hall–Kier alpha value is -7.40. The fourth-order valence-corrected chi connectivity index (χ4v) is 10.2. The third-order valence-electron chi connectivity index (χ3n) is 12.6. The van der Waals surface area contributed by atoms with Gasteiger partial charge in [-0.1, -0.05) is 121 Å². The minimum absolute atomic E-state index is 0.0512. The van der Waals surface area contributed by atoms with Crippen molar-refractivity contribution in [2.75, 3.05) is 9.80 Å². The number of rotatable bonds is 6. The van der Waals surface area contributed by atoms with E-state index >= 15 is 0 Å². The molecule has 0 amide bonds. The molecule has 282 valence electrons. The Morgan fingerprint density at radius 3 is 1.66 bits per heavy atom. The molecule has 4 heteroatoms. The first-order valence-electron chi connectivity index (χ1n) is 20.3. The summed E-state index contributed by atoms with van der Waals surface area (Å²) in [4.78, 5) is 4.87. The first-order valence-corrected chi connectivity index (χ1v) is 20.3. The van der Waals surface area contributed by atoms with Gasteiger partial charge in [-0.3, -0.25) is 0 Å². The Kier molecular flexibility index (Phi) is 8.48. The predicted octanol–water partition coefficient (Wildman–Crippen LogP) is 13.5. The van der Waals surface area contributed by atoms with Crippen LogP contribution in [0.15, 0.2) is 175 Å². The molecule has 0 saturated heterocycles. The second-order valence-electron chi connectivity index (χ2n) is 16.2. The van der Waals surface area contributed by atoms with Gasteiger partial charge in [-0.15, -0.1) is 0 Å². The lowest BCUT2D eigenvalue weighted by atomic mass is 9.70. The van der Waals surface area contributed by atoms with E-state index in [4.69, 9.17) is 0 Å². The molecule has 10 rings (SSSR count). The van der Waals surface area contributed by atoms with Gasteiger partial charge in [0.2, 0.25) is 0 Å². The zero-order valence-corrected chi connectivity index (χ0v) is 33.6. The lowest BCUT2D eigenvalue weighted by Crippen LogP contribution is -2.36. The summed E-state index contributed by atoms with van der Waals surface area (Å²) in [5.74, 6) is 0.242. The van der Waals surface area contributed by atoms with Crippen molar-refractivity contribution < 1.29 is 0 Å². The molecular formula is C55H42N4. The summed E-state index contributed by atoms with van der Waals surface area (Å²) < 4.78 is 0. The molecule has 7 aromatic rings. The highest BCUT2D eigenvalue weighted by atomic mass is 15.2. The molecule has 1 spiro atoms. The van der Waals surface area contributed by atoms with Crippen molar-refractivity contribution in [3.63, 3.8) is 0 Å². The second-order valence-corrected chi connectivity index (χ2v) is 16.2. The molecule has 0 N–H and O–H groups in total. The van der Waals surface area contributed by atoms with Crippen molar-refractivity contribution >= 4 is 28.4 Å². The molecule has 59 heavy (non-hydrogen) atoms. The van der Waals surface area contributed by atoms with Crippen LogP contribution >= 0.6 is 0 Å². The Morgan fingerprint density at radius 2 is 1.08 bits per heavy atom. The van der Waals surface area contributed by atoms with Gasteiger partial charge in [-0.2, -0.15) is 10.5 Å². The number of hydrogen-bond acceptors (Lipinski definition) is 4. The van der Waals surface area contributed by atoms with Crippen molar-refractivity contribution in [3.8, 4) is 34.4 Å². The van der Waals surface area contributed by atoms with Crippen LogP contribution in [-0.4, -0.2) is 6.04 Å². The van der Waals surface area contributed by atoms with E-state index in [1.54, 1.807) is 0 Å². The second kappa shape index (κ2) is 13.9. The molecule has 0 fully saturated rings. The van der Waals surface area contributed by atoms with Gasteiger partial charge in [0, 0.05) is 33.9 Å². The first-order chi connectivity index (χ1) is 28.8. The van der Waals surface area contributed by atoms with Crippen molar-refractivity contribution in [1.82, 2.24) is 0 Å². The molecule has 0 saturated carbocycles. The number of allylic oxidation sites excluding steroid dienone is 2. The van der Waals surface area contributed by atoms with E-state index in [0.717, 1.165) is 28.4 Å². The molecule has 0 heterocycles. The molecule has 0 bridgehead atoms. The summed E-state index contributed by atoms with van der Waals surface area (Å²) >= 11 is 0. The summed E-state index contributed by atoms with van der Waals surface area (Å²) in [5, 5.41) is 19.5. The van der Waals surface area contributed by atoms with Crippen LogP contribution in [-0.2, 0) is 5.41 Å². The van der Waals surface area contributed by atoms with E-state index in [-0.39, 0.29) is 12.0 Å². The molecule has 3 aliphatic rings. The Labute approximate surface area is 346 Å². The van der Waals surface area contributed by atoms with E-state index in [9.17, 15) is 10.5 Å². The van der Waals surface area contributed by atoms with Gasteiger partial charge in [0.15, 0.2) is 0 Å². The van der Waals surface area contributed by atoms with Crippen LogP contribution in [0.3, 0.4) is 0 Å². The molecule has 0 radical (unpaired) electrons. The summed E-state index contributed by atoms with van der Waals surface area (Å²) in [6.45, 7) is 8.79. The standard InChI is InChI=1S/C55H42N4/c1-35-19-29-49(37(3)31-35)58(41-25-21-39(33-56)22-26-41)51-17-9-15-47-53(51)43-11-5-7-13-45(43)55(47)46-14-8-6-12-44(46)54-48(55)16-10-18-52(54)59(42-27-23-40(34-57)24-28-42)50-30-20-36(2)32-38(50)4/h5-32,37,49H,1-4H3. The fourth-order valence-electron chi connectivity index (χ4n) is 10.2. The number of nitrogens with zero attached hydrogens (tertiary/aromatic N) is 4. The number of anilines is 5. The van der Waals surface area contributed by atoms with E-state index < -0.39 is 5.41 Å². The van der Waals surface area contributed by atoms with Gasteiger partial charge in [0.25, 0.3) is 0 Å². The molecule has 4 nitrogen and oxygen atoms in total. The predicted molar refractivity (Wildman–Crippen MR) is 241 cm³/mol. The Morgan fingerprint density at radius 1 is 0.542 bits per heavy atom. The van der Waals surface area contributed by atoms with Crippen molar-refractivity contribution in [2.45, 2.75) is 39.2 Å². The number of aryl methyl sites for hydroxylation is 2. The molecule has 3 unspecified atom stereocenters. The van der Waals surface area contributed by atoms with Crippen LogP contribution in [0.25, 0.3) is 22.3 Å². The summed E-state index contributed by atoms with van der Waals surface area (Å²) in [6, 6.07) is 59.0. The maximum atomic E-state index is 9.75. The zero-order chi connectivity index (χ0) is 40.4. The normalized spacial score (nSPS) is 17.9. The summed E-state index contributed by atoms with van der Waals surface area (Å²) in [7, 11) is 0. The molecule has 0 aliphatic heterocycles. The summed E-state index contributed by atoms with van der Waals surface area (Å²) in [6.07, 6.45) is 6.94. The van der Waals surface area contributed by atoms with Gasteiger partial charge < -0.3 is 9.80 Å². The van der Waals surface area contributed by atoms with E-state index in [1.807, 2.05) is 24.3 Å². The molecular weight excluding hydrogens is 717 g/mol. The average Bonchev–Trinajstić information content (AvgIpc) is 3.74. The highest BCUT2D eigenvalue weighted by Crippen LogP contribution is 2.66. The van der Waals surface area contributed by atoms with Crippen LogP contribution in [0, 0.1) is 42.4 Å². The van der Waals surface area contributed by atoms with Crippen LogP contribution in [0.1, 0.15) is 58.4 Å².